The molecule has 0 bridgehead atoms. The van der Waals surface area contributed by atoms with E-state index in [0.29, 0.717) is 62.2 Å². The lowest BCUT2D eigenvalue weighted by Crippen LogP contribution is -2.47. The number of hydrogen-bond donors (Lipinski definition) is 0. The first-order valence-corrected chi connectivity index (χ1v) is 10.4. The van der Waals surface area contributed by atoms with E-state index in [4.69, 9.17) is 4.74 Å². The van der Waals surface area contributed by atoms with Crippen molar-refractivity contribution in [1.29, 1.82) is 0 Å². The highest BCUT2D eigenvalue weighted by molar-refractivity contribution is 5.99. The fraction of sp³-hybridized carbons (Fsp3) is 0.550. The molecule has 3 aliphatic rings. The topological polar surface area (TPSA) is 99.6 Å². The van der Waals surface area contributed by atoms with E-state index in [2.05, 4.69) is 15.2 Å². The smallest absolute Gasteiger partial charge is 0.346 e. The Morgan fingerprint density at radius 1 is 1.30 bits per heavy atom. The summed E-state index contributed by atoms with van der Waals surface area (Å²) in [6.07, 6.45) is 8.18. The van der Waals surface area contributed by atoms with Crippen LogP contribution in [0.5, 0.6) is 0 Å². The van der Waals surface area contributed by atoms with Crippen molar-refractivity contribution < 1.29 is 9.53 Å². The summed E-state index contributed by atoms with van der Waals surface area (Å²) in [6, 6.07) is 0. The molecule has 2 fully saturated rings. The summed E-state index contributed by atoms with van der Waals surface area (Å²) in [7, 11) is 0. The summed E-state index contributed by atoms with van der Waals surface area (Å²) in [4.78, 5) is 32.1. The van der Waals surface area contributed by atoms with Crippen LogP contribution in [0.15, 0.2) is 23.4 Å². The molecule has 10 heteroatoms. The minimum atomic E-state index is -0.549. The van der Waals surface area contributed by atoms with E-state index in [1.807, 2.05) is 13.1 Å². The Hall–Kier alpha value is -3.01. The molecule has 6 rings (SSSR count). The van der Waals surface area contributed by atoms with Crippen molar-refractivity contribution in [2.24, 2.45) is 5.92 Å². The van der Waals surface area contributed by atoms with Crippen molar-refractivity contribution in [3.63, 3.8) is 0 Å². The molecule has 1 amide bonds. The van der Waals surface area contributed by atoms with Gasteiger partial charge in [-0.2, -0.15) is 10.2 Å². The van der Waals surface area contributed by atoms with E-state index in [0.717, 1.165) is 5.56 Å². The number of likely N-dealkylation sites (tertiary alicyclic amines) is 1. The minimum absolute atomic E-state index is 0.0634. The van der Waals surface area contributed by atoms with Gasteiger partial charge in [-0.15, -0.1) is 0 Å². The number of rotatable bonds is 3. The highest BCUT2D eigenvalue weighted by Crippen LogP contribution is 2.33. The fourth-order valence-electron chi connectivity index (χ4n) is 4.52. The van der Waals surface area contributed by atoms with Crippen molar-refractivity contribution in [2.75, 3.05) is 13.1 Å². The third-order valence-electron chi connectivity index (χ3n) is 6.40. The second-order valence-electron chi connectivity index (χ2n) is 8.82. The lowest BCUT2D eigenvalue weighted by atomic mass is 10.0. The van der Waals surface area contributed by atoms with E-state index in [1.54, 1.807) is 31.1 Å². The highest BCUT2D eigenvalue weighted by atomic mass is 16.5. The average Bonchev–Trinajstić information content (AvgIpc) is 3.19. The molecule has 156 valence electrons. The summed E-state index contributed by atoms with van der Waals surface area (Å²) in [5, 5.41) is 8.73. The first kappa shape index (κ1) is 17.8. The van der Waals surface area contributed by atoms with Crippen molar-refractivity contribution in [1.82, 2.24) is 33.8 Å². The van der Waals surface area contributed by atoms with Crippen molar-refractivity contribution in [3.8, 4) is 0 Å². The summed E-state index contributed by atoms with van der Waals surface area (Å²) in [6.45, 7) is 4.37. The summed E-state index contributed by atoms with van der Waals surface area (Å²) in [5.41, 5.74) is 1.40. The zero-order valence-corrected chi connectivity index (χ0v) is 16.8. The van der Waals surface area contributed by atoms with Gasteiger partial charge in [0.05, 0.1) is 19.3 Å². The summed E-state index contributed by atoms with van der Waals surface area (Å²) < 4.78 is 11.1. The monoisotopic (exact) mass is 409 g/mol. The second kappa shape index (κ2) is 6.24. The number of amides is 1. The largest absolute Gasteiger partial charge is 0.363 e. The Morgan fingerprint density at radius 3 is 3.00 bits per heavy atom. The molecule has 3 aromatic heterocycles. The van der Waals surface area contributed by atoms with Gasteiger partial charge < -0.3 is 9.64 Å². The Labute approximate surface area is 172 Å². The van der Waals surface area contributed by atoms with E-state index < -0.39 is 5.60 Å². The van der Waals surface area contributed by atoms with Crippen LogP contribution in [0.4, 0.5) is 0 Å². The van der Waals surface area contributed by atoms with Crippen LogP contribution in [-0.4, -0.2) is 58.4 Å². The molecular weight excluding hydrogens is 386 g/mol. The standard InChI is InChI=1S/C20H23N7O3/c1-13-6-21-17-15(7-22-26(17)8-13)18(28)24-5-4-20(11-24)12-25-16(10-30-20)23-27(19(25)29)9-14-2-3-14/h6-8,14H,2-5,9-12H2,1H3. The zero-order chi connectivity index (χ0) is 20.5. The van der Waals surface area contributed by atoms with Crippen LogP contribution in [0, 0.1) is 12.8 Å². The van der Waals surface area contributed by atoms with Gasteiger partial charge in [-0.3, -0.25) is 9.36 Å². The molecule has 1 unspecified atom stereocenters. The van der Waals surface area contributed by atoms with Gasteiger partial charge in [-0.1, -0.05) is 0 Å². The fourth-order valence-corrected chi connectivity index (χ4v) is 4.52. The summed E-state index contributed by atoms with van der Waals surface area (Å²) >= 11 is 0. The highest BCUT2D eigenvalue weighted by Gasteiger charge is 2.45. The molecule has 1 spiro atoms. The van der Waals surface area contributed by atoms with Gasteiger partial charge >= 0.3 is 5.69 Å². The third kappa shape index (κ3) is 2.78. The van der Waals surface area contributed by atoms with E-state index in [1.165, 1.54) is 12.8 Å². The van der Waals surface area contributed by atoms with Crippen LogP contribution >= 0.6 is 0 Å². The molecule has 0 radical (unpaired) electrons. The first-order valence-electron chi connectivity index (χ1n) is 10.4. The first-order chi connectivity index (χ1) is 14.5. The van der Waals surface area contributed by atoms with Gasteiger partial charge in [0.15, 0.2) is 11.5 Å². The van der Waals surface area contributed by atoms with Crippen LogP contribution in [0.25, 0.3) is 5.65 Å². The van der Waals surface area contributed by atoms with E-state index in [9.17, 15) is 9.59 Å². The van der Waals surface area contributed by atoms with E-state index >= 15 is 0 Å². The number of hydrogen-bond acceptors (Lipinski definition) is 6. The maximum atomic E-state index is 13.2. The maximum Gasteiger partial charge on any atom is 0.346 e. The second-order valence-corrected chi connectivity index (χ2v) is 8.82. The van der Waals surface area contributed by atoms with E-state index in [-0.39, 0.29) is 11.6 Å². The lowest BCUT2D eigenvalue weighted by molar-refractivity contribution is -0.0816. The van der Waals surface area contributed by atoms with Gasteiger partial charge in [0.1, 0.15) is 17.8 Å². The molecule has 1 atom stereocenters. The normalized spacial score (nSPS) is 23.4. The Morgan fingerprint density at radius 2 is 2.17 bits per heavy atom. The Kier molecular flexibility index (Phi) is 3.71. The number of carbonyl (C=O) groups excluding carboxylic acids is 1. The predicted molar refractivity (Wildman–Crippen MR) is 105 cm³/mol. The molecule has 1 saturated carbocycles. The molecule has 1 aliphatic carbocycles. The van der Waals surface area contributed by atoms with Gasteiger partial charge in [0, 0.05) is 25.5 Å². The number of aromatic nitrogens is 6. The van der Waals surface area contributed by atoms with Crippen molar-refractivity contribution >= 4 is 11.6 Å². The number of nitrogens with zero attached hydrogens (tertiary/aromatic N) is 7. The van der Waals surface area contributed by atoms with Crippen LogP contribution in [0.1, 0.15) is 41.0 Å². The average molecular weight is 409 g/mol. The molecule has 0 N–H and O–H groups in total. The quantitative estimate of drug-likeness (QED) is 0.629. The lowest BCUT2D eigenvalue weighted by Gasteiger charge is -2.33. The van der Waals surface area contributed by atoms with Crippen LogP contribution < -0.4 is 5.69 Å². The molecule has 3 aromatic rings. The maximum absolute atomic E-state index is 13.2. The summed E-state index contributed by atoms with van der Waals surface area (Å²) in [5.74, 6) is 1.15. The molecule has 1 saturated heterocycles. The molecule has 5 heterocycles. The van der Waals surface area contributed by atoms with Crippen LogP contribution in [0.3, 0.4) is 0 Å². The molecule has 2 aliphatic heterocycles. The van der Waals surface area contributed by atoms with Crippen LogP contribution in [0.2, 0.25) is 0 Å². The number of carbonyl (C=O) groups is 1. The van der Waals surface area contributed by atoms with Gasteiger partial charge in [0.25, 0.3) is 5.91 Å². The van der Waals surface area contributed by atoms with Gasteiger partial charge in [-0.05, 0) is 37.7 Å². The molecule has 30 heavy (non-hydrogen) atoms. The SMILES string of the molecule is Cc1cnc2c(C(=O)N3CCC4(C3)Cn3c(nn(CC5CC5)c3=O)CO4)cnn2c1. The number of fused-ring (bicyclic) bond motifs is 2. The van der Waals surface area contributed by atoms with Gasteiger partial charge in [0.2, 0.25) is 0 Å². The van der Waals surface area contributed by atoms with Crippen LogP contribution in [-0.2, 0) is 24.4 Å². The Bertz CT molecular complexity index is 1220. The molecule has 0 aromatic carbocycles. The van der Waals surface area contributed by atoms with Crippen molar-refractivity contribution in [2.45, 2.75) is 51.5 Å². The Balaban J connectivity index is 1.23. The number of ether oxygens (including phenoxy) is 1. The zero-order valence-electron chi connectivity index (χ0n) is 16.8. The number of aryl methyl sites for hydroxylation is 1. The van der Waals surface area contributed by atoms with Crippen molar-refractivity contribution in [3.05, 3.63) is 46.0 Å². The predicted octanol–water partition coefficient (Wildman–Crippen LogP) is 0.621. The molecular formula is C20H23N7O3. The van der Waals surface area contributed by atoms with Gasteiger partial charge in [-0.25, -0.2) is 19.0 Å². The minimum Gasteiger partial charge on any atom is -0.363 e. The third-order valence-corrected chi connectivity index (χ3v) is 6.40. The molecule has 10 nitrogen and oxygen atoms in total.